The van der Waals surface area contributed by atoms with Gasteiger partial charge in [0.1, 0.15) is 15.9 Å². The fraction of sp³-hybridized carbons (Fsp3) is 0.231. The van der Waals surface area contributed by atoms with Crippen LogP contribution in [0.1, 0.15) is 5.69 Å². The molecule has 3 rings (SSSR count). The highest BCUT2D eigenvalue weighted by Gasteiger charge is 2.14. The van der Waals surface area contributed by atoms with E-state index in [-0.39, 0.29) is 5.69 Å². The van der Waals surface area contributed by atoms with Gasteiger partial charge in [-0.15, -0.1) is 6.58 Å². The van der Waals surface area contributed by atoms with Crippen LogP contribution in [0.5, 0.6) is 0 Å². The van der Waals surface area contributed by atoms with E-state index in [0.717, 1.165) is 5.69 Å². The van der Waals surface area contributed by atoms with Crippen molar-refractivity contribution in [1.29, 1.82) is 0 Å². The summed E-state index contributed by atoms with van der Waals surface area (Å²) in [5.41, 5.74) is 2.53. The second kappa shape index (κ2) is 4.81. The lowest BCUT2D eigenvalue weighted by molar-refractivity contribution is 0.741. The molecular formula is C13H14N6OS. The molecule has 0 aromatic carbocycles. The minimum Gasteiger partial charge on any atom is -0.333 e. The number of aromatic nitrogens is 6. The van der Waals surface area contributed by atoms with Crippen molar-refractivity contribution < 1.29 is 0 Å². The minimum atomic E-state index is -0.303. The Kier molecular flexibility index (Phi) is 3.09. The second-order valence-electron chi connectivity index (χ2n) is 4.74. The first-order valence-corrected chi connectivity index (χ1v) is 6.77. The predicted molar refractivity (Wildman–Crippen MR) is 82.7 cm³/mol. The normalized spacial score (nSPS) is 11.1. The molecule has 7 nitrogen and oxygen atoms in total. The zero-order valence-corrected chi connectivity index (χ0v) is 12.5. The molecule has 0 saturated heterocycles. The highest BCUT2D eigenvalue weighted by Crippen LogP contribution is 2.19. The molecule has 3 aromatic rings. The second-order valence-corrected chi connectivity index (χ2v) is 5.15. The molecule has 0 aliphatic carbocycles. The van der Waals surface area contributed by atoms with Crippen LogP contribution in [-0.2, 0) is 13.6 Å². The monoisotopic (exact) mass is 302 g/mol. The van der Waals surface area contributed by atoms with Gasteiger partial charge in [-0.25, -0.2) is 9.78 Å². The van der Waals surface area contributed by atoms with E-state index < -0.39 is 0 Å². The third kappa shape index (κ3) is 2.13. The number of imidazole rings is 1. The Morgan fingerprint density at radius 3 is 2.86 bits per heavy atom. The number of aromatic amines is 2. The van der Waals surface area contributed by atoms with E-state index in [1.807, 2.05) is 20.0 Å². The number of rotatable bonds is 3. The summed E-state index contributed by atoms with van der Waals surface area (Å²) in [5.74, 6) is 0.580. The third-order valence-electron chi connectivity index (χ3n) is 3.30. The maximum absolute atomic E-state index is 12.0. The predicted octanol–water partition coefficient (Wildman–Crippen LogP) is 1.68. The molecule has 0 bridgehead atoms. The van der Waals surface area contributed by atoms with Gasteiger partial charge < -0.3 is 4.98 Å². The summed E-state index contributed by atoms with van der Waals surface area (Å²) >= 11 is 5.19. The molecule has 0 aliphatic heterocycles. The van der Waals surface area contributed by atoms with Crippen molar-refractivity contribution in [2.45, 2.75) is 13.5 Å². The van der Waals surface area contributed by atoms with E-state index in [4.69, 9.17) is 12.2 Å². The zero-order chi connectivity index (χ0) is 15.1. The van der Waals surface area contributed by atoms with E-state index in [9.17, 15) is 4.79 Å². The van der Waals surface area contributed by atoms with Gasteiger partial charge in [0, 0.05) is 19.3 Å². The lowest BCUT2D eigenvalue weighted by Gasteiger charge is -2.01. The first-order chi connectivity index (χ1) is 10.0. The number of aryl methyl sites for hydroxylation is 2. The molecule has 3 aromatic heterocycles. The Labute approximate surface area is 125 Å². The summed E-state index contributed by atoms with van der Waals surface area (Å²) in [5, 5.41) is 4.37. The number of nitrogens with one attached hydrogen (secondary N) is 2. The molecule has 0 spiro atoms. The molecule has 0 atom stereocenters. The number of nitrogens with zero attached hydrogens (tertiary/aromatic N) is 4. The Bertz CT molecular complexity index is 938. The maximum Gasteiger partial charge on any atom is 0.328 e. The lowest BCUT2D eigenvalue weighted by atomic mass is 10.3. The largest absolute Gasteiger partial charge is 0.333 e. The van der Waals surface area contributed by atoms with Crippen LogP contribution in [0.3, 0.4) is 0 Å². The minimum absolute atomic E-state index is 0.303. The van der Waals surface area contributed by atoms with E-state index in [2.05, 4.69) is 26.6 Å². The van der Waals surface area contributed by atoms with E-state index >= 15 is 0 Å². The summed E-state index contributed by atoms with van der Waals surface area (Å²) in [6, 6.07) is 1.92. The summed E-state index contributed by atoms with van der Waals surface area (Å²) in [7, 11) is 1.86. The Balaban J connectivity index is 2.31. The van der Waals surface area contributed by atoms with Gasteiger partial charge in [0.05, 0.1) is 0 Å². The molecule has 2 N–H and O–H groups in total. The van der Waals surface area contributed by atoms with Crippen molar-refractivity contribution in [3.63, 3.8) is 0 Å². The average molecular weight is 302 g/mol. The van der Waals surface area contributed by atoms with E-state index in [0.29, 0.717) is 33.9 Å². The summed E-state index contributed by atoms with van der Waals surface area (Å²) in [6.07, 6.45) is 1.64. The van der Waals surface area contributed by atoms with Gasteiger partial charge in [-0.1, -0.05) is 18.3 Å². The van der Waals surface area contributed by atoms with Crippen LogP contribution < -0.4 is 5.69 Å². The maximum atomic E-state index is 12.0. The molecule has 108 valence electrons. The zero-order valence-electron chi connectivity index (χ0n) is 11.7. The number of hydrogen-bond acceptors (Lipinski definition) is 4. The van der Waals surface area contributed by atoms with Gasteiger partial charge in [-0.3, -0.25) is 14.2 Å². The number of hydrogen-bond donors (Lipinski definition) is 2. The van der Waals surface area contributed by atoms with Crippen LogP contribution in [-0.4, -0.2) is 29.3 Å². The highest BCUT2D eigenvalue weighted by atomic mass is 32.1. The van der Waals surface area contributed by atoms with Crippen LogP contribution in [0.15, 0.2) is 23.5 Å². The average Bonchev–Trinajstić information content (AvgIpc) is 3.00. The molecule has 21 heavy (non-hydrogen) atoms. The molecule has 3 heterocycles. The molecule has 0 amide bonds. The molecule has 0 aliphatic rings. The highest BCUT2D eigenvalue weighted by molar-refractivity contribution is 7.71. The van der Waals surface area contributed by atoms with Crippen LogP contribution in [0.2, 0.25) is 0 Å². The Hall–Kier alpha value is -2.48. The van der Waals surface area contributed by atoms with Crippen molar-refractivity contribution in [1.82, 2.24) is 29.3 Å². The van der Waals surface area contributed by atoms with Gasteiger partial charge >= 0.3 is 5.69 Å². The molecular weight excluding hydrogens is 288 g/mol. The fourth-order valence-corrected chi connectivity index (χ4v) is 2.37. The summed E-state index contributed by atoms with van der Waals surface area (Å²) < 4.78 is 3.58. The van der Waals surface area contributed by atoms with Crippen LogP contribution >= 0.6 is 12.2 Å². The van der Waals surface area contributed by atoms with Crippen molar-refractivity contribution in [3.05, 3.63) is 39.5 Å². The molecule has 0 unspecified atom stereocenters. The Morgan fingerprint density at radius 2 is 2.24 bits per heavy atom. The van der Waals surface area contributed by atoms with Crippen molar-refractivity contribution >= 4 is 23.4 Å². The topological polar surface area (TPSA) is 84.3 Å². The smallest absolute Gasteiger partial charge is 0.328 e. The summed E-state index contributed by atoms with van der Waals surface area (Å²) in [6.45, 7) is 5.96. The Morgan fingerprint density at radius 1 is 1.48 bits per heavy atom. The van der Waals surface area contributed by atoms with Gasteiger partial charge in [0.15, 0.2) is 11.5 Å². The van der Waals surface area contributed by atoms with Crippen molar-refractivity contribution in [2.24, 2.45) is 7.05 Å². The van der Waals surface area contributed by atoms with Gasteiger partial charge in [-0.2, -0.15) is 5.10 Å². The SMILES string of the molecule is C=CCn1c(=O)[nH]c(=S)c2[nH]c(-c3cc(C)n(C)n3)nc21. The molecule has 8 heteroatoms. The van der Waals surface area contributed by atoms with Crippen molar-refractivity contribution in [2.75, 3.05) is 0 Å². The van der Waals surface area contributed by atoms with Gasteiger partial charge in [0.25, 0.3) is 0 Å². The molecule has 0 fully saturated rings. The molecule has 0 saturated carbocycles. The van der Waals surface area contributed by atoms with Gasteiger partial charge in [-0.05, 0) is 13.0 Å². The van der Waals surface area contributed by atoms with E-state index in [1.165, 1.54) is 4.57 Å². The summed E-state index contributed by atoms with van der Waals surface area (Å²) in [4.78, 5) is 22.2. The fourth-order valence-electron chi connectivity index (χ4n) is 2.14. The first kappa shape index (κ1) is 13.5. The van der Waals surface area contributed by atoms with Gasteiger partial charge in [0.2, 0.25) is 0 Å². The number of H-pyrrole nitrogens is 2. The van der Waals surface area contributed by atoms with Crippen LogP contribution in [0, 0.1) is 11.6 Å². The quantitative estimate of drug-likeness (QED) is 0.569. The standard InChI is InChI=1S/C13H14N6OS/c1-4-5-19-11-9(12(21)16-13(19)20)14-10(15-11)8-6-7(2)18(3)17-8/h4,6H,1,5H2,2-3H3,(H,14,15)(H,16,20,21). The van der Waals surface area contributed by atoms with Crippen LogP contribution in [0.4, 0.5) is 0 Å². The van der Waals surface area contributed by atoms with Crippen molar-refractivity contribution in [3.8, 4) is 11.5 Å². The number of fused-ring (bicyclic) bond motifs is 1. The first-order valence-electron chi connectivity index (χ1n) is 6.36. The third-order valence-corrected chi connectivity index (χ3v) is 3.61. The van der Waals surface area contributed by atoms with E-state index in [1.54, 1.807) is 10.8 Å². The number of allylic oxidation sites excluding steroid dienone is 1. The van der Waals surface area contributed by atoms with Crippen LogP contribution in [0.25, 0.3) is 22.7 Å². The lowest BCUT2D eigenvalue weighted by Crippen LogP contribution is -2.23. The molecule has 0 radical (unpaired) electrons.